The SMILES string of the molecule is CCCCCCCCCCOc1c(/C=C/CO)cccc1C1CCCC1. The Labute approximate surface area is 160 Å². The molecule has 0 radical (unpaired) electrons. The highest BCUT2D eigenvalue weighted by molar-refractivity contribution is 5.60. The summed E-state index contributed by atoms with van der Waals surface area (Å²) < 4.78 is 6.29. The summed E-state index contributed by atoms with van der Waals surface area (Å²) in [4.78, 5) is 0. The molecule has 0 atom stereocenters. The second kappa shape index (κ2) is 13.0. The molecular formula is C24H38O2. The molecule has 0 heterocycles. The van der Waals surface area contributed by atoms with Crippen molar-refractivity contribution in [3.8, 4) is 5.75 Å². The summed E-state index contributed by atoms with van der Waals surface area (Å²) in [5.74, 6) is 1.71. The van der Waals surface area contributed by atoms with Gasteiger partial charge < -0.3 is 9.84 Å². The minimum atomic E-state index is 0.0745. The Kier molecular flexibility index (Phi) is 10.5. The van der Waals surface area contributed by atoms with Gasteiger partial charge in [0.05, 0.1) is 13.2 Å². The molecule has 1 saturated carbocycles. The summed E-state index contributed by atoms with van der Waals surface area (Å²) in [5, 5.41) is 9.12. The zero-order chi connectivity index (χ0) is 18.5. The normalized spacial score (nSPS) is 15.2. The molecule has 0 spiro atoms. The molecule has 1 aromatic carbocycles. The van der Waals surface area contributed by atoms with Gasteiger partial charge in [-0.15, -0.1) is 0 Å². The van der Waals surface area contributed by atoms with E-state index in [9.17, 15) is 0 Å². The van der Waals surface area contributed by atoms with Crippen LogP contribution < -0.4 is 4.74 Å². The van der Waals surface area contributed by atoms with Crippen LogP contribution in [-0.2, 0) is 0 Å². The third-order valence-corrected chi connectivity index (χ3v) is 5.52. The average Bonchev–Trinajstić information content (AvgIpc) is 3.20. The van der Waals surface area contributed by atoms with E-state index in [4.69, 9.17) is 9.84 Å². The van der Waals surface area contributed by atoms with Crippen LogP contribution >= 0.6 is 0 Å². The van der Waals surface area contributed by atoms with Crippen molar-refractivity contribution in [3.63, 3.8) is 0 Å². The van der Waals surface area contributed by atoms with Crippen LogP contribution in [0.4, 0.5) is 0 Å². The third-order valence-electron chi connectivity index (χ3n) is 5.52. The van der Waals surface area contributed by atoms with E-state index in [0.29, 0.717) is 5.92 Å². The number of aliphatic hydroxyl groups is 1. The first kappa shape index (κ1) is 21.0. The lowest BCUT2D eigenvalue weighted by Gasteiger charge is -2.18. The summed E-state index contributed by atoms with van der Waals surface area (Å²) in [6.07, 6.45) is 19.6. The Bertz CT molecular complexity index is 515. The largest absolute Gasteiger partial charge is 0.493 e. The molecule has 1 N–H and O–H groups in total. The average molecular weight is 359 g/mol. The molecule has 2 heteroatoms. The molecule has 0 unspecified atom stereocenters. The second-order valence-corrected chi connectivity index (χ2v) is 7.66. The van der Waals surface area contributed by atoms with Gasteiger partial charge in [0.1, 0.15) is 5.75 Å². The maximum Gasteiger partial charge on any atom is 0.129 e. The van der Waals surface area contributed by atoms with E-state index in [-0.39, 0.29) is 6.61 Å². The lowest BCUT2D eigenvalue weighted by molar-refractivity contribution is 0.299. The van der Waals surface area contributed by atoms with Crippen LogP contribution in [0, 0.1) is 0 Å². The van der Waals surface area contributed by atoms with Crippen LogP contribution in [0.5, 0.6) is 5.75 Å². The molecule has 0 bridgehead atoms. The number of rotatable bonds is 13. The number of hydrogen-bond acceptors (Lipinski definition) is 2. The van der Waals surface area contributed by atoms with E-state index in [1.807, 2.05) is 6.08 Å². The number of benzene rings is 1. The highest BCUT2D eigenvalue weighted by Gasteiger charge is 2.21. The first-order valence-electron chi connectivity index (χ1n) is 10.9. The molecule has 2 nitrogen and oxygen atoms in total. The smallest absolute Gasteiger partial charge is 0.129 e. The fourth-order valence-corrected chi connectivity index (χ4v) is 4.02. The maximum absolute atomic E-state index is 9.12. The van der Waals surface area contributed by atoms with Gasteiger partial charge in [-0.2, -0.15) is 0 Å². The predicted molar refractivity (Wildman–Crippen MR) is 112 cm³/mol. The van der Waals surface area contributed by atoms with Crippen molar-refractivity contribution in [2.24, 2.45) is 0 Å². The molecule has 1 aromatic rings. The summed E-state index contributed by atoms with van der Waals surface area (Å²) in [6.45, 7) is 3.15. The first-order chi connectivity index (χ1) is 12.9. The van der Waals surface area contributed by atoms with Gasteiger partial charge >= 0.3 is 0 Å². The highest BCUT2D eigenvalue weighted by Crippen LogP contribution is 2.40. The minimum Gasteiger partial charge on any atom is -0.493 e. The summed E-state index contributed by atoms with van der Waals surface area (Å²) >= 11 is 0. The lowest BCUT2D eigenvalue weighted by atomic mass is 9.94. The van der Waals surface area contributed by atoms with Crippen molar-refractivity contribution in [1.82, 2.24) is 0 Å². The van der Waals surface area contributed by atoms with E-state index in [2.05, 4.69) is 25.1 Å². The number of para-hydroxylation sites is 1. The van der Waals surface area contributed by atoms with Crippen LogP contribution in [-0.4, -0.2) is 18.3 Å². The van der Waals surface area contributed by atoms with Crippen molar-refractivity contribution < 1.29 is 9.84 Å². The molecule has 0 aromatic heterocycles. The van der Waals surface area contributed by atoms with Crippen LogP contribution in [0.3, 0.4) is 0 Å². The number of aliphatic hydroxyl groups excluding tert-OH is 1. The number of ether oxygens (including phenoxy) is 1. The van der Waals surface area contributed by atoms with E-state index in [1.165, 1.54) is 76.2 Å². The molecule has 2 rings (SSSR count). The molecular weight excluding hydrogens is 320 g/mol. The minimum absolute atomic E-state index is 0.0745. The van der Waals surface area contributed by atoms with Crippen LogP contribution in [0.2, 0.25) is 0 Å². The fourth-order valence-electron chi connectivity index (χ4n) is 4.02. The van der Waals surface area contributed by atoms with E-state index < -0.39 is 0 Å². The fraction of sp³-hybridized carbons (Fsp3) is 0.667. The van der Waals surface area contributed by atoms with Gasteiger partial charge in [0.2, 0.25) is 0 Å². The summed E-state index contributed by atoms with van der Waals surface area (Å²) in [7, 11) is 0. The van der Waals surface area contributed by atoms with Crippen molar-refractivity contribution in [2.45, 2.75) is 89.9 Å². The zero-order valence-corrected chi connectivity index (χ0v) is 16.7. The Morgan fingerprint density at radius 2 is 1.69 bits per heavy atom. The topological polar surface area (TPSA) is 29.5 Å². The molecule has 0 amide bonds. The Morgan fingerprint density at radius 3 is 2.38 bits per heavy atom. The van der Waals surface area contributed by atoms with Gasteiger partial charge in [-0.25, -0.2) is 0 Å². The van der Waals surface area contributed by atoms with Crippen molar-refractivity contribution in [2.75, 3.05) is 13.2 Å². The molecule has 146 valence electrons. The van der Waals surface area contributed by atoms with Crippen LogP contribution in [0.15, 0.2) is 24.3 Å². The molecule has 0 saturated heterocycles. The zero-order valence-electron chi connectivity index (χ0n) is 16.7. The third kappa shape index (κ3) is 7.15. The summed E-state index contributed by atoms with van der Waals surface area (Å²) in [6, 6.07) is 6.48. The number of hydrogen-bond donors (Lipinski definition) is 1. The monoisotopic (exact) mass is 358 g/mol. The molecule has 1 aliphatic rings. The van der Waals surface area contributed by atoms with Gasteiger partial charge in [-0.3, -0.25) is 0 Å². The Morgan fingerprint density at radius 1 is 1.00 bits per heavy atom. The van der Waals surface area contributed by atoms with Crippen molar-refractivity contribution in [1.29, 1.82) is 0 Å². The molecule has 0 aliphatic heterocycles. The second-order valence-electron chi connectivity index (χ2n) is 7.66. The van der Waals surface area contributed by atoms with E-state index in [1.54, 1.807) is 6.08 Å². The lowest BCUT2D eigenvalue weighted by Crippen LogP contribution is -2.04. The van der Waals surface area contributed by atoms with Gasteiger partial charge in [0, 0.05) is 5.56 Å². The van der Waals surface area contributed by atoms with Crippen molar-refractivity contribution in [3.05, 3.63) is 35.4 Å². The maximum atomic E-state index is 9.12. The predicted octanol–water partition coefficient (Wildman–Crippen LogP) is 6.87. The van der Waals surface area contributed by atoms with Crippen LogP contribution in [0.1, 0.15) is 101 Å². The summed E-state index contributed by atoms with van der Waals surface area (Å²) in [5.41, 5.74) is 2.49. The highest BCUT2D eigenvalue weighted by atomic mass is 16.5. The van der Waals surface area contributed by atoms with E-state index in [0.717, 1.165) is 24.3 Å². The van der Waals surface area contributed by atoms with Gasteiger partial charge in [0.15, 0.2) is 0 Å². The molecule has 1 aliphatic carbocycles. The quantitative estimate of drug-likeness (QED) is 0.390. The van der Waals surface area contributed by atoms with Gasteiger partial charge in [0.25, 0.3) is 0 Å². The Balaban J connectivity index is 1.84. The molecule has 26 heavy (non-hydrogen) atoms. The number of unbranched alkanes of at least 4 members (excludes halogenated alkanes) is 7. The standard InChI is InChI=1S/C24H38O2/c1-2-3-4-5-6-7-8-11-20-26-24-22(17-13-19-25)16-12-18-23(24)21-14-9-10-15-21/h12-13,16-18,21,25H,2-11,14-15,19-20H2,1H3/b17-13+. The van der Waals surface area contributed by atoms with Crippen LogP contribution in [0.25, 0.3) is 6.08 Å². The Hall–Kier alpha value is -1.28. The van der Waals surface area contributed by atoms with Gasteiger partial charge in [-0.1, -0.05) is 95.1 Å². The molecule has 1 fully saturated rings. The van der Waals surface area contributed by atoms with E-state index >= 15 is 0 Å². The van der Waals surface area contributed by atoms with Crippen molar-refractivity contribution >= 4 is 6.08 Å². The first-order valence-corrected chi connectivity index (χ1v) is 10.9. The van der Waals surface area contributed by atoms with Gasteiger partial charge in [-0.05, 0) is 30.7 Å².